The van der Waals surface area contributed by atoms with E-state index in [1.54, 1.807) is 18.1 Å². The Hall–Kier alpha value is -0.360. The highest BCUT2D eigenvalue weighted by molar-refractivity contribution is 5.85. The highest BCUT2D eigenvalue weighted by atomic mass is 35.5. The fourth-order valence-corrected chi connectivity index (χ4v) is 1.45. The van der Waals surface area contributed by atoms with Crippen molar-refractivity contribution < 1.29 is 4.74 Å². The molecule has 1 aromatic rings. The Morgan fingerprint density at radius 3 is 2.43 bits per heavy atom. The zero-order chi connectivity index (χ0) is 8.60. The van der Waals surface area contributed by atoms with Crippen molar-refractivity contribution in [1.82, 2.24) is 20.1 Å². The fraction of sp³-hybridized carbons (Fsp3) is 0.714. The summed E-state index contributed by atoms with van der Waals surface area (Å²) in [6.45, 7) is 1.63. The molecule has 0 amide bonds. The van der Waals surface area contributed by atoms with Crippen LogP contribution in [0, 0.1) is 0 Å². The SMILES string of the molecule is COC1(c2ncnn2C)CNC1.Cl.Cl. The lowest BCUT2D eigenvalue weighted by Crippen LogP contribution is -2.59. The van der Waals surface area contributed by atoms with Crippen LogP contribution < -0.4 is 5.32 Å². The minimum atomic E-state index is -0.245. The molecule has 0 unspecified atom stereocenters. The van der Waals surface area contributed by atoms with Crippen molar-refractivity contribution in [2.24, 2.45) is 7.05 Å². The number of aromatic nitrogens is 3. The molecular formula is C7H14Cl2N4O. The largest absolute Gasteiger partial charge is 0.368 e. The van der Waals surface area contributed by atoms with Gasteiger partial charge in [0.15, 0.2) is 11.4 Å². The van der Waals surface area contributed by atoms with Gasteiger partial charge in [0.2, 0.25) is 0 Å². The lowest BCUT2D eigenvalue weighted by atomic mass is 9.96. The van der Waals surface area contributed by atoms with E-state index in [2.05, 4.69) is 15.4 Å². The molecule has 14 heavy (non-hydrogen) atoms. The zero-order valence-electron chi connectivity index (χ0n) is 8.06. The molecule has 1 saturated heterocycles. The summed E-state index contributed by atoms with van der Waals surface area (Å²) in [5.41, 5.74) is -0.245. The van der Waals surface area contributed by atoms with Crippen LogP contribution in [0.2, 0.25) is 0 Å². The van der Waals surface area contributed by atoms with E-state index in [0.29, 0.717) is 0 Å². The second-order valence-corrected chi connectivity index (χ2v) is 3.01. The normalized spacial score (nSPS) is 17.6. The number of hydrogen-bond acceptors (Lipinski definition) is 4. The molecule has 0 aliphatic carbocycles. The summed E-state index contributed by atoms with van der Waals surface area (Å²) in [6.07, 6.45) is 1.55. The molecule has 82 valence electrons. The highest BCUT2D eigenvalue weighted by Crippen LogP contribution is 2.26. The highest BCUT2D eigenvalue weighted by Gasteiger charge is 2.42. The number of aryl methyl sites for hydroxylation is 1. The summed E-state index contributed by atoms with van der Waals surface area (Å²) in [5.74, 6) is 0.892. The summed E-state index contributed by atoms with van der Waals surface area (Å²) in [7, 11) is 3.58. The first-order valence-corrected chi connectivity index (χ1v) is 3.89. The monoisotopic (exact) mass is 240 g/mol. The van der Waals surface area contributed by atoms with Crippen molar-refractivity contribution in [2.75, 3.05) is 20.2 Å². The van der Waals surface area contributed by atoms with Gasteiger partial charge in [-0.05, 0) is 0 Å². The Morgan fingerprint density at radius 2 is 2.14 bits per heavy atom. The van der Waals surface area contributed by atoms with E-state index >= 15 is 0 Å². The van der Waals surface area contributed by atoms with Crippen molar-refractivity contribution >= 4 is 24.8 Å². The van der Waals surface area contributed by atoms with Gasteiger partial charge in [0.25, 0.3) is 0 Å². The maximum absolute atomic E-state index is 5.41. The van der Waals surface area contributed by atoms with Crippen LogP contribution in [0.15, 0.2) is 6.33 Å². The molecule has 0 aromatic carbocycles. The van der Waals surface area contributed by atoms with Crippen LogP contribution in [-0.4, -0.2) is 35.0 Å². The van der Waals surface area contributed by atoms with Gasteiger partial charge in [0.05, 0.1) is 0 Å². The average molecular weight is 241 g/mol. The van der Waals surface area contributed by atoms with Crippen molar-refractivity contribution in [3.05, 3.63) is 12.2 Å². The summed E-state index contributed by atoms with van der Waals surface area (Å²) in [6, 6.07) is 0. The van der Waals surface area contributed by atoms with Crippen molar-refractivity contribution in [3.8, 4) is 0 Å². The topological polar surface area (TPSA) is 52.0 Å². The second-order valence-electron chi connectivity index (χ2n) is 3.01. The van der Waals surface area contributed by atoms with E-state index in [0.717, 1.165) is 18.9 Å². The molecule has 0 saturated carbocycles. The Kier molecular flexibility index (Phi) is 4.80. The van der Waals surface area contributed by atoms with Gasteiger partial charge in [-0.2, -0.15) is 5.10 Å². The van der Waals surface area contributed by atoms with Crippen molar-refractivity contribution in [2.45, 2.75) is 5.60 Å². The molecule has 0 spiro atoms. The van der Waals surface area contributed by atoms with Crippen molar-refractivity contribution in [1.29, 1.82) is 0 Å². The molecule has 1 aliphatic heterocycles. The summed E-state index contributed by atoms with van der Waals surface area (Å²) < 4.78 is 7.17. The molecule has 0 atom stereocenters. The van der Waals surface area contributed by atoms with Crippen LogP contribution in [0.4, 0.5) is 0 Å². The van der Waals surface area contributed by atoms with Crippen LogP contribution in [0.5, 0.6) is 0 Å². The van der Waals surface area contributed by atoms with Gasteiger partial charge >= 0.3 is 0 Å². The number of nitrogens with zero attached hydrogens (tertiary/aromatic N) is 3. The minimum absolute atomic E-state index is 0. The van der Waals surface area contributed by atoms with Gasteiger partial charge in [0, 0.05) is 27.2 Å². The molecule has 0 radical (unpaired) electrons. The predicted molar refractivity (Wildman–Crippen MR) is 57.1 cm³/mol. The van der Waals surface area contributed by atoms with E-state index in [1.165, 1.54) is 0 Å². The Balaban J connectivity index is 0.000000845. The van der Waals surface area contributed by atoms with Gasteiger partial charge in [-0.25, -0.2) is 4.98 Å². The molecule has 2 heterocycles. The molecule has 5 nitrogen and oxygen atoms in total. The Morgan fingerprint density at radius 1 is 1.50 bits per heavy atom. The van der Waals surface area contributed by atoms with Crippen LogP contribution in [-0.2, 0) is 17.4 Å². The van der Waals surface area contributed by atoms with Crippen LogP contribution in [0.1, 0.15) is 5.82 Å². The molecule has 1 N–H and O–H groups in total. The first-order valence-electron chi connectivity index (χ1n) is 3.89. The van der Waals surface area contributed by atoms with Gasteiger partial charge in [-0.1, -0.05) is 0 Å². The van der Waals surface area contributed by atoms with Gasteiger partial charge in [-0.15, -0.1) is 24.8 Å². The summed E-state index contributed by atoms with van der Waals surface area (Å²) >= 11 is 0. The van der Waals surface area contributed by atoms with E-state index < -0.39 is 0 Å². The van der Waals surface area contributed by atoms with Gasteiger partial charge in [0.1, 0.15) is 6.33 Å². The zero-order valence-corrected chi connectivity index (χ0v) is 9.69. The fourth-order valence-electron chi connectivity index (χ4n) is 1.45. The number of ether oxygens (including phenoxy) is 1. The Bertz CT molecular complexity index is 281. The first kappa shape index (κ1) is 13.6. The average Bonchev–Trinajstić information content (AvgIpc) is 2.36. The van der Waals surface area contributed by atoms with Crippen LogP contribution in [0.3, 0.4) is 0 Å². The van der Waals surface area contributed by atoms with Crippen LogP contribution >= 0.6 is 24.8 Å². The third kappa shape index (κ3) is 1.86. The first-order chi connectivity index (χ1) is 5.78. The molecular weight excluding hydrogens is 227 g/mol. The molecule has 1 fully saturated rings. The standard InChI is InChI=1S/C7H12N4O.2ClH/c1-11-6(9-5-10-11)7(12-2)3-8-4-7;;/h5,8H,3-4H2,1-2H3;2*1H. The molecule has 1 aliphatic rings. The maximum atomic E-state index is 5.41. The molecule has 1 aromatic heterocycles. The minimum Gasteiger partial charge on any atom is -0.368 e. The maximum Gasteiger partial charge on any atom is 0.161 e. The summed E-state index contributed by atoms with van der Waals surface area (Å²) in [5, 5.41) is 7.17. The van der Waals surface area contributed by atoms with Gasteiger partial charge < -0.3 is 10.1 Å². The number of rotatable bonds is 2. The van der Waals surface area contributed by atoms with Gasteiger partial charge in [-0.3, -0.25) is 4.68 Å². The second kappa shape index (κ2) is 4.93. The molecule has 2 rings (SSSR count). The summed E-state index contributed by atoms with van der Waals surface area (Å²) in [4.78, 5) is 4.17. The van der Waals surface area contributed by atoms with E-state index in [4.69, 9.17) is 4.74 Å². The lowest BCUT2D eigenvalue weighted by Gasteiger charge is -2.39. The van der Waals surface area contributed by atoms with E-state index in [9.17, 15) is 0 Å². The van der Waals surface area contributed by atoms with Crippen molar-refractivity contribution in [3.63, 3.8) is 0 Å². The Labute approximate surface area is 95.0 Å². The third-order valence-corrected chi connectivity index (χ3v) is 2.33. The smallest absolute Gasteiger partial charge is 0.161 e. The quantitative estimate of drug-likeness (QED) is 0.798. The lowest BCUT2D eigenvalue weighted by molar-refractivity contribution is -0.0658. The molecule has 7 heteroatoms. The number of nitrogens with one attached hydrogen (secondary N) is 1. The van der Waals surface area contributed by atoms with Crippen LogP contribution in [0.25, 0.3) is 0 Å². The van der Waals surface area contributed by atoms with E-state index in [-0.39, 0.29) is 30.4 Å². The van der Waals surface area contributed by atoms with E-state index in [1.807, 2.05) is 7.05 Å². The number of hydrogen-bond donors (Lipinski definition) is 1. The predicted octanol–water partition coefficient (Wildman–Crippen LogP) is 0.104. The number of halogens is 2. The third-order valence-electron chi connectivity index (χ3n) is 2.33. The number of methoxy groups -OCH3 is 1. The molecule has 0 bridgehead atoms.